The number of halogens is 3. The molecule has 2 heterocycles. The number of unbranched alkanes of at least 4 members (excludes halogenated alkanes) is 6. The summed E-state index contributed by atoms with van der Waals surface area (Å²) >= 11 is 0. The Morgan fingerprint density at radius 1 is 1.11 bits per heavy atom. The number of hydrogen-bond acceptors (Lipinski definition) is 6. The summed E-state index contributed by atoms with van der Waals surface area (Å²) in [6, 6.07) is 3.29. The first-order chi connectivity index (χ1) is 17.5. The van der Waals surface area contributed by atoms with Crippen molar-refractivity contribution in [3.63, 3.8) is 0 Å². The van der Waals surface area contributed by atoms with Crippen LogP contribution in [0.4, 0.5) is 18.0 Å². The average Bonchev–Trinajstić information content (AvgIpc) is 3.49. The fraction of sp³-hybridized carbons (Fsp3) is 0.667. The Morgan fingerprint density at radius 2 is 1.81 bits per heavy atom. The van der Waals surface area contributed by atoms with Crippen LogP contribution in [0.5, 0.6) is 5.75 Å². The van der Waals surface area contributed by atoms with E-state index < -0.39 is 29.5 Å². The predicted octanol–water partition coefficient (Wildman–Crippen LogP) is 7.96. The van der Waals surface area contributed by atoms with Crippen LogP contribution in [0.2, 0.25) is 0 Å². The molecule has 1 aliphatic heterocycles. The van der Waals surface area contributed by atoms with Crippen LogP contribution in [0.25, 0.3) is 11.4 Å². The Hall–Kier alpha value is -2.78. The zero-order valence-corrected chi connectivity index (χ0v) is 22.2. The minimum Gasteiger partial charge on any atom is -0.493 e. The van der Waals surface area contributed by atoms with E-state index in [1.165, 1.54) is 36.3 Å². The second kappa shape index (κ2) is 12.6. The number of hydrogen-bond donors (Lipinski definition) is 0. The van der Waals surface area contributed by atoms with Crippen LogP contribution in [0.15, 0.2) is 22.7 Å². The molecular formula is C27H38F3N3O4. The van der Waals surface area contributed by atoms with Gasteiger partial charge in [-0.05, 0) is 58.2 Å². The van der Waals surface area contributed by atoms with Gasteiger partial charge in [-0.3, -0.25) is 4.90 Å². The number of ether oxygens (including phenoxy) is 2. The molecular weight excluding hydrogens is 487 g/mol. The van der Waals surface area contributed by atoms with Gasteiger partial charge in [-0.15, -0.1) is 0 Å². The van der Waals surface area contributed by atoms with Crippen molar-refractivity contribution in [3.05, 3.63) is 29.7 Å². The number of carbonyl (C=O) groups is 1. The summed E-state index contributed by atoms with van der Waals surface area (Å²) in [6.07, 6.45) is 3.64. The van der Waals surface area contributed by atoms with Gasteiger partial charge in [0.05, 0.1) is 12.2 Å². The lowest BCUT2D eigenvalue weighted by atomic mass is 10.1. The molecule has 1 atom stereocenters. The third-order valence-corrected chi connectivity index (χ3v) is 6.16. The maximum Gasteiger partial charge on any atom is 0.419 e. The lowest BCUT2D eigenvalue weighted by Crippen LogP contribution is -2.36. The first kappa shape index (κ1) is 28.8. The topological polar surface area (TPSA) is 77.7 Å². The van der Waals surface area contributed by atoms with E-state index in [2.05, 4.69) is 17.1 Å². The molecule has 2 aromatic rings. The van der Waals surface area contributed by atoms with Gasteiger partial charge in [-0.2, -0.15) is 18.2 Å². The average molecular weight is 526 g/mol. The molecule has 3 rings (SSSR count). The third kappa shape index (κ3) is 8.36. The molecule has 1 saturated heterocycles. The Kier molecular flexibility index (Phi) is 9.84. The van der Waals surface area contributed by atoms with Crippen LogP contribution >= 0.6 is 0 Å². The van der Waals surface area contributed by atoms with E-state index in [0.717, 1.165) is 31.7 Å². The summed E-state index contributed by atoms with van der Waals surface area (Å²) < 4.78 is 57.8. The van der Waals surface area contributed by atoms with Crippen LogP contribution in [-0.4, -0.2) is 39.9 Å². The zero-order chi connectivity index (χ0) is 27.1. The van der Waals surface area contributed by atoms with E-state index in [1.54, 1.807) is 20.8 Å². The SMILES string of the molecule is CCCCCCCCCOc1ccc(-c2noc([C@@H]3CCCN3C(=O)OC(C)(C)C)n2)cc1C(F)(F)F. The van der Waals surface area contributed by atoms with Gasteiger partial charge in [0.2, 0.25) is 11.7 Å². The molecule has 1 aliphatic rings. The van der Waals surface area contributed by atoms with Crippen molar-refractivity contribution < 1.29 is 32.0 Å². The number of nitrogens with zero attached hydrogens (tertiary/aromatic N) is 3. The van der Waals surface area contributed by atoms with E-state index in [-0.39, 0.29) is 29.6 Å². The molecule has 0 radical (unpaired) electrons. The predicted molar refractivity (Wildman–Crippen MR) is 133 cm³/mol. The smallest absolute Gasteiger partial charge is 0.419 e. The van der Waals surface area contributed by atoms with Crippen LogP contribution in [0, 0.1) is 0 Å². The molecule has 10 heteroatoms. The first-order valence-corrected chi connectivity index (χ1v) is 13.2. The highest BCUT2D eigenvalue weighted by Crippen LogP contribution is 2.39. The van der Waals surface area contributed by atoms with Crippen LogP contribution in [0.3, 0.4) is 0 Å². The largest absolute Gasteiger partial charge is 0.493 e. The molecule has 0 saturated carbocycles. The monoisotopic (exact) mass is 525 g/mol. The Bertz CT molecular complexity index is 1020. The number of alkyl halides is 3. The second-order valence-corrected chi connectivity index (χ2v) is 10.5. The lowest BCUT2D eigenvalue weighted by Gasteiger charge is -2.26. The summed E-state index contributed by atoms with van der Waals surface area (Å²) in [5.74, 6) is -0.0146. The standard InChI is InChI=1S/C27H38F3N3O4/c1-5-6-7-8-9-10-11-17-35-22-15-14-19(18-20(22)27(28,29)30)23-31-24(37-32-23)21-13-12-16-33(21)25(34)36-26(2,3)4/h14-15,18,21H,5-13,16-17H2,1-4H3/t21-/m0/s1. The molecule has 0 spiro atoms. The number of aromatic nitrogens is 2. The van der Waals surface area contributed by atoms with Crippen molar-refractivity contribution in [1.82, 2.24) is 15.0 Å². The van der Waals surface area contributed by atoms with Crippen molar-refractivity contribution in [2.75, 3.05) is 13.2 Å². The van der Waals surface area contributed by atoms with E-state index in [0.29, 0.717) is 19.4 Å². The Morgan fingerprint density at radius 3 is 2.49 bits per heavy atom. The summed E-state index contributed by atoms with van der Waals surface area (Å²) in [6.45, 7) is 8.19. The second-order valence-electron chi connectivity index (χ2n) is 10.5. The van der Waals surface area contributed by atoms with Gasteiger partial charge in [0.15, 0.2) is 0 Å². The van der Waals surface area contributed by atoms with Crippen molar-refractivity contribution in [1.29, 1.82) is 0 Å². The molecule has 206 valence electrons. The van der Waals surface area contributed by atoms with Crippen molar-refractivity contribution >= 4 is 6.09 Å². The molecule has 7 nitrogen and oxygen atoms in total. The number of rotatable bonds is 11. The van der Waals surface area contributed by atoms with Crippen LogP contribution in [-0.2, 0) is 10.9 Å². The molecule has 1 amide bonds. The van der Waals surface area contributed by atoms with E-state index >= 15 is 0 Å². The molecule has 0 aliphatic carbocycles. The number of carbonyl (C=O) groups excluding carboxylic acids is 1. The van der Waals surface area contributed by atoms with Crippen molar-refractivity contribution in [2.24, 2.45) is 0 Å². The zero-order valence-electron chi connectivity index (χ0n) is 22.2. The van der Waals surface area contributed by atoms with Gasteiger partial charge in [0.25, 0.3) is 0 Å². The maximum absolute atomic E-state index is 13.8. The number of amides is 1. The summed E-state index contributed by atoms with van der Waals surface area (Å²) in [4.78, 5) is 18.4. The molecule has 0 bridgehead atoms. The molecule has 1 aromatic heterocycles. The van der Waals surface area contributed by atoms with Gasteiger partial charge in [0, 0.05) is 12.1 Å². The Labute approximate surface area is 216 Å². The molecule has 1 aromatic carbocycles. The molecule has 0 N–H and O–H groups in total. The molecule has 0 unspecified atom stereocenters. The highest BCUT2D eigenvalue weighted by molar-refractivity contribution is 5.69. The number of likely N-dealkylation sites (tertiary alicyclic amines) is 1. The van der Waals surface area contributed by atoms with E-state index in [4.69, 9.17) is 14.0 Å². The lowest BCUT2D eigenvalue weighted by molar-refractivity contribution is -0.138. The molecule has 1 fully saturated rings. The van der Waals surface area contributed by atoms with E-state index in [1.807, 2.05) is 0 Å². The fourth-order valence-corrected chi connectivity index (χ4v) is 4.31. The van der Waals surface area contributed by atoms with Gasteiger partial charge < -0.3 is 14.0 Å². The number of benzene rings is 1. The summed E-state index contributed by atoms with van der Waals surface area (Å²) in [5, 5.41) is 3.90. The first-order valence-electron chi connectivity index (χ1n) is 13.2. The summed E-state index contributed by atoms with van der Waals surface area (Å²) in [5.41, 5.74) is -1.38. The quantitative estimate of drug-likeness (QED) is 0.277. The van der Waals surface area contributed by atoms with E-state index in [9.17, 15) is 18.0 Å². The highest BCUT2D eigenvalue weighted by atomic mass is 19.4. The van der Waals surface area contributed by atoms with Gasteiger partial charge in [0.1, 0.15) is 17.4 Å². The van der Waals surface area contributed by atoms with Crippen LogP contribution in [0.1, 0.15) is 103 Å². The van der Waals surface area contributed by atoms with Gasteiger partial charge in [-0.1, -0.05) is 50.6 Å². The van der Waals surface area contributed by atoms with Crippen molar-refractivity contribution in [2.45, 2.75) is 103 Å². The maximum atomic E-state index is 13.8. The van der Waals surface area contributed by atoms with Crippen molar-refractivity contribution in [3.8, 4) is 17.1 Å². The highest BCUT2D eigenvalue weighted by Gasteiger charge is 2.38. The fourth-order valence-electron chi connectivity index (χ4n) is 4.31. The van der Waals surface area contributed by atoms with Crippen LogP contribution < -0.4 is 4.74 Å². The third-order valence-electron chi connectivity index (χ3n) is 6.16. The minimum absolute atomic E-state index is 0.0233. The van der Waals surface area contributed by atoms with Gasteiger partial charge in [-0.25, -0.2) is 4.79 Å². The Balaban J connectivity index is 1.67. The minimum atomic E-state index is -4.60. The normalized spacial score (nSPS) is 16.3. The summed E-state index contributed by atoms with van der Waals surface area (Å²) in [7, 11) is 0. The molecule has 37 heavy (non-hydrogen) atoms. The van der Waals surface area contributed by atoms with Gasteiger partial charge >= 0.3 is 12.3 Å².